The second-order valence-electron chi connectivity index (χ2n) is 17.5. The maximum absolute atomic E-state index is 12.7. The van der Waals surface area contributed by atoms with E-state index in [1.54, 1.807) is 0 Å². The molecule has 346 valence electrons. The van der Waals surface area contributed by atoms with Crippen LogP contribution in [0.3, 0.4) is 0 Å². The van der Waals surface area contributed by atoms with Crippen LogP contribution in [0.2, 0.25) is 0 Å². The van der Waals surface area contributed by atoms with Crippen LogP contribution in [-0.4, -0.2) is 74.9 Å². The number of phosphoric acid groups is 1. The summed E-state index contributed by atoms with van der Waals surface area (Å²) in [6.45, 7) is 4.40. The third-order valence-corrected chi connectivity index (χ3v) is 11.4. The largest absolute Gasteiger partial charge is 0.472 e. The van der Waals surface area contributed by atoms with Crippen LogP contribution in [-0.2, 0) is 32.7 Å². The fourth-order valence-corrected chi connectivity index (χ4v) is 7.31. The molecule has 0 heterocycles. The second kappa shape index (κ2) is 41.6. The number of quaternary nitrogens is 1. The molecule has 1 N–H and O–H groups in total. The Kier molecular flexibility index (Phi) is 40.3. The first-order valence-electron chi connectivity index (χ1n) is 24.2. The molecule has 0 radical (unpaired) electrons. The quantitative estimate of drug-likeness (QED) is 0.0212. The molecule has 0 fully saturated rings. The summed E-state index contributed by atoms with van der Waals surface area (Å²) in [5.41, 5.74) is 0. The summed E-state index contributed by atoms with van der Waals surface area (Å²) in [6.07, 6.45) is 47.6. The van der Waals surface area contributed by atoms with Crippen LogP contribution >= 0.6 is 7.82 Å². The molecule has 0 aliphatic carbocycles. The zero-order valence-electron chi connectivity index (χ0n) is 39.0. The Hall–Kier alpha value is -1.77. The Morgan fingerprint density at radius 1 is 0.525 bits per heavy atom. The average Bonchev–Trinajstić information content (AvgIpc) is 3.19. The lowest BCUT2D eigenvalue weighted by Crippen LogP contribution is -2.37. The number of unbranched alkanes of at least 4 members (excludes halogenated alkanes) is 24. The maximum Gasteiger partial charge on any atom is 0.472 e. The van der Waals surface area contributed by atoms with Crippen molar-refractivity contribution in [2.75, 3.05) is 47.5 Å². The molecule has 0 saturated carbocycles. The second-order valence-corrected chi connectivity index (χ2v) is 18.9. The minimum atomic E-state index is -4.38. The monoisotopic (exact) mass is 855 g/mol. The number of allylic oxidation sites excluding steroid dienone is 6. The molecule has 59 heavy (non-hydrogen) atoms. The van der Waals surface area contributed by atoms with Crippen LogP contribution in [0.25, 0.3) is 0 Å². The Morgan fingerprint density at radius 3 is 1.36 bits per heavy atom. The number of hydrogen-bond acceptors (Lipinski definition) is 7. The van der Waals surface area contributed by atoms with Gasteiger partial charge in [0.15, 0.2) is 6.10 Å². The third kappa shape index (κ3) is 45.6. The molecule has 0 aromatic carbocycles. The summed E-state index contributed by atoms with van der Waals surface area (Å²) in [6, 6.07) is 0. The number of esters is 2. The fourth-order valence-electron chi connectivity index (χ4n) is 6.57. The lowest BCUT2D eigenvalue weighted by atomic mass is 10.1. The molecule has 0 spiro atoms. The minimum Gasteiger partial charge on any atom is -0.462 e. The number of ether oxygens (including phenoxy) is 2. The van der Waals surface area contributed by atoms with E-state index in [0.29, 0.717) is 17.4 Å². The van der Waals surface area contributed by atoms with Crippen molar-refractivity contribution in [3.05, 3.63) is 36.5 Å². The van der Waals surface area contributed by atoms with Crippen molar-refractivity contribution in [2.45, 2.75) is 219 Å². The van der Waals surface area contributed by atoms with Crippen molar-refractivity contribution in [1.29, 1.82) is 0 Å². The molecule has 2 unspecified atom stereocenters. The molecule has 0 rings (SSSR count). The van der Waals surface area contributed by atoms with E-state index in [4.69, 9.17) is 18.5 Å². The molecular weight excluding hydrogens is 762 g/mol. The molecule has 0 aromatic rings. The van der Waals surface area contributed by atoms with Gasteiger partial charge >= 0.3 is 19.8 Å². The van der Waals surface area contributed by atoms with E-state index in [2.05, 4.69) is 50.3 Å². The molecule has 0 bridgehead atoms. The van der Waals surface area contributed by atoms with Crippen molar-refractivity contribution < 1.29 is 42.1 Å². The van der Waals surface area contributed by atoms with Gasteiger partial charge in [0, 0.05) is 12.8 Å². The molecule has 10 heteroatoms. The number of likely N-dealkylation sites (N-methyl/N-ethyl adjacent to an activating group) is 1. The van der Waals surface area contributed by atoms with Gasteiger partial charge in [-0.15, -0.1) is 0 Å². The molecule has 0 aromatic heterocycles. The van der Waals surface area contributed by atoms with E-state index in [0.717, 1.165) is 64.2 Å². The van der Waals surface area contributed by atoms with Gasteiger partial charge < -0.3 is 18.9 Å². The molecule has 0 aliphatic heterocycles. The number of rotatable bonds is 44. The highest BCUT2D eigenvalue weighted by molar-refractivity contribution is 7.47. The summed E-state index contributed by atoms with van der Waals surface area (Å²) < 4.78 is 34.4. The predicted molar refractivity (Wildman–Crippen MR) is 247 cm³/mol. The van der Waals surface area contributed by atoms with Crippen LogP contribution in [0, 0.1) is 0 Å². The Bertz CT molecular complexity index is 1100. The molecule has 9 nitrogen and oxygen atoms in total. The zero-order chi connectivity index (χ0) is 43.6. The van der Waals surface area contributed by atoms with Gasteiger partial charge in [0.1, 0.15) is 19.8 Å². The van der Waals surface area contributed by atoms with Crippen molar-refractivity contribution in [3.63, 3.8) is 0 Å². The van der Waals surface area contributed by atoms with Gasteiger partial charge in [-0.3, -0.25) is 18.6 Å². The number of carbonyl (C=O) groups is 2. The topological polar surface area (TPSA) is 108 Å². The molecule has 0 saturated heterocycles. The van der Waals surface area contributed by atoms with E-state index in [1.165, 1.54) is 116 Å². The van der Waals surface area contributed by atoms with Gasteiger partial charge in [0.25, 0.3) is 0 Å². The minimum absolute atomic E-state index is 0.0296. The van der Waals surface area contributed by atoms with E-state index < -0.39 is 26.5 Å². The number of carbonyl (C=O) groups excluding carboxylic acids is 2. The predicted octanol–water partition coefficient (Wildman–Crippen LogP) is 14.1. The van der Waals surface area contributed by atoms with E-state index in [9.17, 15) is 19.0 Å². The first-order chi connectivity index (χ1) is 28.5. The van der Waals surface area contributed by atoms with Crippen LogP contribution in [0.4, 0.5) is 0 Å². The normalized spacial score (nSPS) is 13.8. The van der Waals surface area contributed by atoms with Crippen LogP contribution in [0.15, 0.2) is 36.5 Å². The SMILES string of the molecule is CCCCCCC/C=C\C/C=C\CCCCCCCCCCCC(=O)OC(COC(=O)CCCCCCC/C=C\CCCCCCC)COP(=O)(O)OCC[N+](C)(C)C. The molecule has 0 aliphatic rings. The van der Waals surface area contributed by atoms with Gasteiger partial charge in [-0.25, -0.2) is 4.57 Å². The summed E-state index contributed by atoms with van der Waals surface area (Å²) in [5.74, 6) is -0.809. The van der Waals surface area contributed by atoms with Gasteiger partial charge in [0.05, 0.1) is 27.7 Å². The van der Waals surface area contributed by atoms with Crippen LogP contribution in [0.1, 0.15) is 213 Å². The maximum atomic E-state index is 12.7. The zero-order valence-corrected chi connectivity index (χ0v) is 39.9. The van der Waals surface area contributed by atoms with Crippen molar-refractivity contribution in [2.24, 2.45) is 0 Å². The highest BCUT2D eigenvalue weighted by Crippen LogP contribution is 2.43. The lowest BCUT2D eigenvalue weighted by molar-refractivity contribution is -0.870. The van der Waals surface area contributed by atoms with Crippen LogP contribution < -0.4 is 0 Å². The van der Waals surface area contributed by atoms with Gasteiger partial charge in [0.2, 0.25) is 0 Å². The Balaban J connectivity index is 4.29. The highest BCUT2D eigenvalue weighted by Gasteiger charge is 2.27. The third-order valence-electron chi connectivity index (χ3n) is 10.4. The number of nitrogens with zero attached hydrogens (tertiary/aromatic N) is 1. The summed E-state index contributed by atoms with van der Waals surface area (Å²) >= 11 is 0. The smallest absolute Gasteiger partial charge is 0.462 e. The van der Waals surface area contributed by atoms with Crippen molar-refractivity contribution in [3.8, 4) is 0 Å². The van der Waals surface area contributed by atoms with E-state index in [-0.39, 0.29) is 32.0 Å². The molecule has 0 amide bonds. The average molecular weight is 855 g/mol. The van der Waals surface area contributed by atoms with Gasteiger partial charge in [-0.2, -0.15) is 0 Å². The summed E-state index contributed by atoms with van der Waals surface area (Å²) in [4.78, 5) is 35.4. The first-order valence-corrected chi connectivity index (χ1v) is 25.7. The van der Waals surface area contributed by atoms with Crippen LogP contribution in [0.5, 0.6) is 0 Å². The molecular formula is C49H93NO8P+. The number of hydrogen-bond donors (Lipinski definition) is 1. The lowest BCUT2D eigenvalue weighted by Gasteiger charge is -2.24. The summed E-state index contributed by atoms with van der Waals surface area (Å²) in [5, 5.41) is 0. The van der Waals surface area contributed by atoms with Crippen molar-refractivity contribution in [1.82, 2.24) is 0 Å². The fraction of sp³-hybridized carbons (Fsp3) is 0.837. The number of phosphoric ester groups is 1. The first kappa shape index (κ1) is 57.2. The van der Waals surface area contributed by atoms with Gasteiger partial charge in [-0.1, -0.05) is 166 Å². The highest BCUT2D eigenvalue weighted by atomic mass is 31.2. The van der Waals surface area contributed by atoms with Gasteiger partial charge in [-0.05, 0) is 70.6 Å². The Labute approximate surface area is 363 Å². The Morgan fingerprint density at radius 2 is 0.915 bits per heavy atom. The van der Waals surface area contributed by atoms with E-state index >= 15 is 0 Å². The standard InChI is InChI=1S/C49H92NO8P/c1-6-8-10-12-14-16-18-20-22-23-24-25-26-27-28-30-32-34-36-38-40-42-49(52)58-47(46-57-59(53,54)56-44-43-50(3,4)5)45-55-48(51)41-39-37-35-33-31-29-21-19-17-15-13-11-9-7-2/h18-21,23-24,47H,6-17,22,25-46H2,1-5H3/p+1/b20-18-,21-19-,24-23-. The van der Waals surface area contributed by atoms with Crippen molar-refractivity contribution >= 4 is 19.8 Å². The van der Waals surface area contributed by atoms with E-state index in [1.807, 2.05) is 21.1 Å². The molecule has 2 atom stereocenters. The summed E-state index contributed by atoms with van der Waals surface area (Å²) in [7, 11) is 1.47.